The summed E-state index contributed by atoms with van der Waals surface area (Å²) in [6.45, 7) is 1.95. The number of anilines is 1. The first-order valence-electron chi connectivity index (χ1n) is 9.33. The average molecular weight is 378 g/mol. The monoisotopic (exact) mass is 378 g/mol. The highest BCUT2D eigenvalue weighted by Crippen LogP contribution is 2.18. The van der Waals surface area contributed by atoms with Crippen molar-refractivity contribution in [1.29, 1.82) is 0 Å². The van der Waals surface area contributed by atoms with Crippen molar-refractivity contribution in [1.82, 2.24) is 14.8 Å². The van der Waals surface area contributed by atoms with Gasteiger partial charge in [-0.25, -0.2) is 9.67 Å². The topological polar surface area (TPSA) is 78.3 Å². The number of nitrogens with one attached hydrogen (secondary N) is 1. The molecule has 7 nitrogen and oxygen atoms in total. The zero-order valence-electron chi connectivity index (χ0n) is 15.5. The van der Waals surface area contributed by atoms with Gasteiger partial charge in [-0.2, -0.15) is 5.10 Å². The van der Waals surface area contributed by atoms with Crippen LogP contribution in [0.25, 0.3) is 0 Å². The van der Waals surface area contributed by atoms with E-state index >= 15 is 0 Å². The first-order chi connectivity index (χ1) is 13.8. The van der Waals surface area contributed by atoms with Gasteiger partial charge < -0.3 is 14.8 Å². The minimum atomic E-state index is -0.174. The van der Waals surface area contributed by atoms with Gasteiger partial charge in [0.05, 0.1) is 12.6 Å². The molecule has 2 heterocycles. The number of hydrogen-bond acceptors (Lipinski definition) is 5. The predicted molar refractivity (Wildman–Crippen MR) is 104 cm³/mol. The number of rotatable bonds is 7. The summed E-state index contributed by atoms with van der Waals surface area (Å²) >= 11 is 0. The van der Waals surface area contributed by atoms with Crippen molar-refractivity contribution in [2.45, 2.75) is 25.5 Å². The van der Waals surface area contributed by atoms with Crippen LogP contribution in [0.3, 0.4) is 0 Å². The van der Waals surface area contributed by atoms with Crippen molar-refractivity contribution in [3.63, 3.8) is 0 Å². The molecule has 0 spiro atoms. The summed E-state index contributed by atoms with van der Waals surface area (Å²) in [7, 11) is 0. The van der Waals surface area contributed by atoms with Crippen LogP contribution in [0.5, 0.6) is 5.75 Å². The molecule has 144 valence electrons. The van der Waals surface area contributed by atoms with Gasteiger partial charge in [-0.3, -0.25) is 4.79 Å². The number of aromatic nitrogens is 3. The van der Waals surface area contributed by atoms with E-state index in [2.05, 4.69) is 15.4 Å². The van der Waals surface area contributed by atoms with Crippen molar-refractivity contribution < 1.29 is 14.3 Å². The molecule has 7 heteroatoms. The summed E-state index contributed by atoms with van der Waals surface area (Å²) in [4.78, 5) is 16.5. The second kappa shape index (κ2) is 8.67. The van der Waals surface area contributed by atoms with Gasteiger partial charge in [0.1, 0.15) is 25.0 Å². The summed E-state index contributed by atoms with van der Waals surface area (Å²) in [5.74, 6) is 0.498. The maximum Gasteiger partial charge on any atom is 0.255 e. The quantitative estimate of drug-likeness (QED) is 0.683. The molecule has 4 rings (SSSR count). The van der Waals surface area contributed by atoms with Crippen molar-refractivity contribution in [3.8, 4) is 5.75 Å². The number of benzene rings is 2. The molecule has 28 heavy (non-hydrogen) atoms. The lowest BCUT2D eigenvalue weighted by Crippen LogP contribution is -2.17. The lowest BCUT2D eigenvalue weighted by Gasteiger charge is -2.12. The van der Waals surface area contributed by atoms with E-state index in [1.807, 2.05) is 36.4 Å². The van der Waals surface area contributed by atoms with Crippen LogP contribution in [0.15, 0.2) is 61.2 Å². The van der Waals surface area contributed by atoms with E-state index < -0.39 is 0 Å². The van der Waals surface area contributed by atoms with Gasteiger partial charge in [0.25, 0.3) is 5.91 Å². The van der Waals surface area contributed by atoms with E-state index in [-0.39, 0.29) is 12.0 Å². The number of hydrogen-bond donors (Lipinski definition) is 1. The van der Waals surface area contributed by atoms with Gasteiger partial charge in [-0.05, 0) is 48.7 Å². The highest BCUT2D eigenvalue weighted by Gasteiger charge is 2.16. The van der Waals surface area contributed by atoms with Gasteiger partial charge >= 0.3 is 0 Å². The molecule has 1 amide bonds. The summed E-state index contributed by atoms with van der Waals surface area (Å²) in [5, 5.41) is 7.00. The number of carbonyl (C=O) groups excluding carboxylic acids is 1. The fourth-order valence-electron chi connectivity index (χ4n) is 3.09. The third-order valence-corrected chi connectivity index (χ3v) is 4.58. The smallest absolute Gasteiger partial charge is 0.255 e. The average Bonchev–Trinajstić information content (AvgIpc) is 3.42. The molecule has 1 saturated heterocycles. The second-order valence-corrected chi connectivity index (χ2v) is 6.72. The fraction of sp³-hybridized carbons (Fsp3) is 0.286. The highest BCUT2D eigenvalue weighted by atomic mass is 16.5. The molecule has 3 aromatic rings. The van der Waals surface area contributed by atoms with Crippen LogP contribution >= 0.6 is 0 Å². The normalized spacial score (nSPS) is 16.1. The third-order valence-electron chi connectivity index (χ3n) is 4.58. The maximum absolute atomic E-state index is 12.6. The highest BCUT2D eigenvalue weighted by molar-refractivity contribution is 6.04. The minimum absolute atomic E-state index is 0.147. The molecule has 1 aliphatic rings. The summed E-state index contributed by atoms with van der Waals surface area (Å²) in [6, 6.07) is 14.9. The molecular formula is C21H22N4O3. The van der Waals surface area contributed by atoms with Gasteiger partial charge in [0.15, 0.2) is 0 Å². The van der Waals surface area contributed by atoms with E-state index in [0.29, 0.717) is 24.5 Å². The van der Waals surface area contributed by atoms with Gasteiger partial charge in [0.2, 0.25) is 0 Å². The zero-order chi connectivity index (χ0) is 19.2. The molecule has 1 atom stereocenters. The Morgan fingerprint density at radius 2 is 2.14 bits per heavy atom. The third kappa shape index (κ3) is 4.75. The van der Waals surface area contributed by atoms with Crippen LogP contribution < -0.4 is 10.1 Å². The molecule has 1 N–H and O–H groups in total. The Morgan fingerprint density at radius 1 is 1.25 bits per heavy atom. The Morgan fingerprint density at radius 3 is 2.89 bits per heavy atom. The molecular weight excluding hydrogens is 356 g/mol. The standard InChI is InChI=1S/C21H22N4O3/c26-21(17-3-1-4-19(11-17)28-13-20-5-2-10-27-20)24-18-8-6-16(7-9-18)12-25-15-22-14-23-25/h1,3-4,6-9,11,14-15,20H,2,5,10,12-13H2,(H,24,26)/t20-/m0/s1. The molecule has 0 bridgehead atoms. The predicted octanol–water partition coefficient (Wildman–Crippen LogP) is 3.14. The number of carbonyl (C=O) groups is 1. The Hall–Kier alpha value is -3.19. The molecule has 0 radical (unpaired) electrons. The Bertz CT molecular complexity index is 904. The van der Waals surface area contributed by atoms with Crippen LogP contribution in [0.4, 0.5) is 5.69 Å². The lowest BCUT2D eigenvalue weighted by molar-refractivity contribution is 0.0679. The Labute approximate surface area is 163 Å². The molecule has 0 saturated carbocycles. The van der Waals surface area contributed by atoms with Gasteiger partial charge in [-0.15, -0.1) is 0 Å². The zero-order valence-corrected chi connectivity index (χ0v) is 15.5. The first kappa shape index (κ1) is 18.2. The lowest BCUT2D eigenvalue weighted by atomic mass is 10.1. The minimum Gasteiger partial charge on any atom is -0.491 e. The number of nitrogens with zero attached hydrogens (tertiary/aromatic N) is 3. The van der Waals surface area contributed by atoms with E-state index in [0.717, 1.165) is 30.7 Å². The molecule has 1 aromatic heterocycles. The van der Waals surface area contributed by atoms with Crippen molar-refractivity contribution in [2.24, 2.45) is 0 Å². The SMILES string of the molecule is O=C(Nc1ccc(Cn2cncn2)cc1)c1cccc(OC[C@@H]2CCCO2)c1. The van der Waals surface area contributed by atoms with Crippen LogP contribution in [-0.4, -0.2) is 40.0 Å². The van der Waals surface area contributed by atoms with Gasteiger partial charge in [-0.1, -0.05) is 18.2 Å². The second-order valence-electron chi connectivity index (χ2n) is 6.72. The van der Waals surface area contributed by atoms with Gasteiger partial charge in [0, 0.05) is 17.9 Å². The summed E-state index contributed by atoms with van der Waals surface area (Å²) in [6.07, 6.45) is 5.42. The number of amides is 1. The van der Waals surface area contributed by atoms with Crippen LogP contribution in [0, 0.1) is 0 Å². The number of ether oxygens (including phenoxy) is 2. The molecule has 1 aliphatic heterocycles. The van der Waals surface area contributed by atoms with Crippen LogP contribution in [-0.2, 0) is 11.3 Å². The summed E-state index contributed by atoms with van der Waals surface area (Å²) < 4.78 is 13.1. The molecule has 2 aromatic carbocycles. The Balaban J connectivity index is 1.34. The van der Waals surface area contributed by atoms with E-state index in [1.165, 1.54) is 6.33 Å². The van der Waals surface area contributed by atoms with Crippen molar-refractivity contribution >= 4 is 11.6 Å². The molecule has 1 fully saturated rings. The Kier molecular flexibility index (Phi) is 5.63. The first-order valence-corrected chi connectivity index (χ1v) is 9.33. The largest absolute Gasteiger partial charge is 0.491 e. The molecule has 0 aliphatic carbocycles. The van der Waals surface area contributed by atoms with E-state index in [4.69, 9.17) is 9.47 Å². The van der Waals surface area contributed by atoms with Crippen molar-refractivity contribution in [3.05, 3.63) is 72.3 Å². The fourth-order valence-corrected chi connectivity index (χ4v) is 3.09. The maximum atomic E-state index is 12.6. The molecule has 0 unspecified atom stereocenters. The summed E-state index contributed by atoms with van der Waals surface area (Å²) in [5.41, 5.74) is 2.36. The van der Waals surface area contributed by atoms with E-state index in [9.17, 15) is 4.79 Å². The van der Waals surface area contributed by atoms with Crippen molar-refractivity contribution in [2.75, 3.05) is 18.5 Å². The van der Waals surface area contributed by atoms with E-state index in [1.54, 1.807) is 23.1 Å². The van der Waals surface area contributed by atoms with Crippen LogP contribution in [0.1, 0.15) is 28.8 Å². The van der Waals surface area contributed by atoms with Crippen LogP contribution in [0.2, 0.25) is 0 Å².